The van der Waals surface area contributed by atoms with Crippen LogP contribution in [0.3, 0.4) is 0 Å². The molecule has 11 heteroatoms. The van der Waals surface area contributed by atoms with Gasteiger partial charge in [0, 0.05) is 17.7 Å². The van der Waals surface area contributed by atoms with Gasteiger partial charge in [0.2, 0.25) is 5.54 Å². The summed E-state index contributed by atoms with van der Waals surface area (Å²) in [7, 11) is 0. The van der Waals surface area contributed by atoms with Gasteiger partial charge >= 0.3 is 12.4 Å². The van der Waals surface area contributed by atoms with E-state index in [1.807, 2.05) is 0 Å². The van der Waals surface area contributed by atoms with Crippen molar-refractivity contribution in [1.82, 2.24) is 10.2 Å². The van der Waals surface area contributed by atoms with Gasteiger partial charge in [0.15, 0.2) is 5.78 Å². The summed E-state index contributed by atoms with van der Waals surface area (Å²) < 4.78 is 84.4. The molecule has 2 aliphatic rings. The first kappa shape index (κ1) is 27.4. The predicted molar refractivity (Wildman–Crippen MR) is 124 cm³/mol. The van der Waals surface area contributed by atoms with Crippen LogP contribution in [0.25, 0.3) is 0 Å². The van der Waals surface area contributed by atoms with Gasteiger partial charge in [0.1, 0.15) is 0 Å². The van der Waals surface area contributed by atoms with E-state index in [-0.39, 0.29) is 18.5 Å². The number of hydrogen-bond acceptors (Lipinski definition) is 3. The molecule has 2 amide bonds. The number of rotatable bonds is 4. The Morgan fingerprint density at radius 2 is 1.58 bits per heavy atom. The number of carbonyl (C=O) groups excluding carboxylic acids is 3. The van der Waals surface area contributed by atoms with E-state index in [2.05, 4.69) is 0 Å². The largest absolute Gasteiger partial charge is 0.425 e. The number of nitrogens with zero attached hydrogens (tertiary/aromatic N) is 1. The lowest BCUT2D eigenvalue weighted by atomic mass is 9.72. The van der Waals surface area contributed by atoms with Crippen molar-refractivity contribution in [3.05, 3.63) is 82.6 Å². The van der Waals surface area contributed by atoms with Gasteiger partial charge in [0.25, 0.3) is 11.8 Å². The second-order valence-corrected chi connectivity index (χ2v) is 10.3. The lowest BCUT2D eigenvalue weighted by Gasteiger charge is -2.35. The summed E-state index contributed by atoms with van der Waals surface area (Å²) in [6, 6.07) is 10.1. The van der Waals surface area contributed by atoms with E-state index in [9.17, 15) is 40.7 Å². The van der Waals surface area contributed by atoms with E-state index >= 15 is 0 Å². The molecule has 0 aromatic heterocycles. The number of nitrogens with one attached hydrogen (secondary N) is 1. The third kappa shape index (κ3) is 4.48. The molecule has 202 valence electrons. The van der Waals surface area contributed by atoms with Gasteiger partial charge in [-0.15, -0.1) is 0 Å². The summed E-state index contributed by atoms with van der Waals surface area (Å²) in [5, 5.41) is 1.67. The van der Waals surface area contributed by atoms with Crippen LogP contribution in [-0.4, -0.2) is 34.2 Å². The Hall–Kier alpha value is -3.63. The molecular weight excluding hydrogens is 514 g/mol. The van der Waals surface area contributed by atoms with E-state index in [4.69, 9.17) is 0 Å². The highest BCUT2D eigenvalue weighted by atomic mass is 19.4. The lowest BCUT2D eigenvalue weighted by molar-refractivity contribution is -0.191. The Kier molecular flexibility index (Phi) is 6.48. The minimum absolute atomic E-state index is 0.0613. The molecule has 2 aromatic carbocycles. The summed E-state index contributed by atoms with van der Waals surface area (Å²) in [5.74, 6) is -4.12. The molecule has 2 atom stereocenters. The Balaban J connectivity index is 1.89. The van der Waals surface area contributed by atoms with Crippen molar-refractivity contribution in [2.75, 3.05) is 0 Å². The molecule has 4 rings (SSSR count). The highest BCUT2D eigenvalue weighted by Crippen LogP contribution is 2.53. The van der Waals surface area contributed by atoms with Gasteiger partial charge in [-0.2, -0.15) is 26.3 Å². The molecule has 0 saturated heterocycles. The molecule has 0 fully saturated rings. The normalized spacial score (nSPS) is 22.4. The molecule has 0 spiro atoms. The molecule has 1 aliphatic carbocycles. The Bertz CT molecular complexity index is 1330. The van der Waals surface area contributed by atoms with Crippen LogP contribution in [0.15, 0.2) is 65.9 Å². The Morgan fingerprint density at radius 3 is 2.16 bits per heavy atom. The number of ketones is 1. The van der Waals surface area contributed by atoms with Crippen molar-refractivity contribution < 1.29 is 40.7 Å². The fourth-order valence-electron chi connectivity index (χ4n) is 5.15. The molecule has 2 aromatic rings. The van der Waals surface area contributed by atoms with Crippen LogP contribution < -0.4 is 5.32 Å². The van der Waals surface area contributed by atoms with Gasteiger partial charge in [0.05, 0.1) is 17.2 Å². The fraction of sp³-hybridized carbons (Fsp3) is 0.370. The van der Waals surface area contributed by atoms with Gasteiger partial charge in [-0.1, -0.05) is 50.2 Å². The van der Waals surface area contributed by atoms with E-state index in [0.717, 1.165) is 17.0 Å². The second-order valence-electron chi connectivity index (χ2n) is 10.3. The summed E-state index contributed by atoms with van der Waals surface area (Å²) in [5.41, 5.74) is -7.09. The smallest absolute Gasteiger partial charge is 0.326 e. The van der Waals surface area contributed by atoms with Gasteiger partial charge in [-0.05, 0) is 42.5 Å². The van der Waals surface area contributed by atoms with Crippen molar-refractivity contribution in [3.8, 4) is 0 Å². The van der Waals surface area contributed by atoms with E-state index in [0.29, 0.717) is 17.7 Å². The molecule has 0 saturated carbocycles. The van der Waals surface area contributed by atoms with Crippen LogP contribution in [0.4, 0.5) is 26.3 Å². The quantitative estimate of drug-likeness (QED) is 0.487. The van der Waals surface area contributed by atoms with E-state index in [1.165, 1.54) is 6.92 Å². The van der Waals surface area contributed by atoms with E-state index < -0.39 is 63.6 Å². The number of benzene rings is 2. The molecular formula is C27H24F6N2O3. The monoisotopic (exact) mass is 538 g/mol. The van der Waals surface area contributed by atoms with Crippen molar-refractivity contribution in [3.63, 3.8) is 0 Å². The standard InChI is InChI=1S/C27H24F6N2O3/c1-15(16-8-5-4-6-9-16)35-19-13-24(2,3)14-20(36)21(19)25(23(35)38,27(31,32)33)34-22(37)17-10-7-11-18(12-17)26(28,29)30/h4-12,15H,13-14H2,1-3H3,(H,34,37). The third-order valence-electron chi connectivity index (χ3n) is 6.91. The predicted octanol–water partition coefficient (Wildman–Crippen LogP) is 5.98. The summed E-state index contributed by atoms with van der Waals surface area (Å²) in [6.07, 6.45) is -10.7. The highest BCUT2D eigenvalue weighted by Gasteiger charge is 2.72. The zero-order valence-corrected chi connectivity index (χ0v) is 20.6. The highest BCUT2D eigenvalue weighted by molar-refractivity contribution is 6.14. The SMILES string of the molecule is CC(c1ccccc1)N1C(=O)C(NC(=O)c2cccc(C(F)(F)F)c2)(C(F)(F)F)C2=C1CC(C)(C)CC2=O. The maximum Gasteiger partial charge on any atom is 0.425 e. The number of amides is 2. The topological polar surface area (TPSA) is 66.5 Å². The molecule has 1 aliphatic heterocycles. The van der Waals surface area contributed by atoms with Crippen molar-refractivity contribution >= 4 is 17.6 Å². The fourth-order valence-corrected chi connectivity index (χ4v) is 5.15. The maximum atomic E-state index is 15.0. The van der Waals surface area contributed by atoms with Crippen LogP contribution in [0.1, 0.15) is 61.1 Å². The molecule has 1 N–H and O–H groups in total. The van der Waals surface area contributed by atoms with Crippen LogP contribution in [-0.2, 0) is 15.8 Å². The molecule has 5 nitrogen and oxygen atoms in total. The molecule has 0 radical (unpaired) electrons. The first-order valence-corrected chi connectivity index (χ1v) is 11.7. The van der Waals surface area contributed by atoms with Gasteiger partial charge < -0.3 is 10.2 Å². The van der Waals surface area contributed by atoms with Crippen molar-refractivity contribution in [1.29, 1.82) is 0 Å². The van der Waals surface area contributed by atoms with Crippen molar-refractivity contribution in [2.45, 2.75) is 57.5 Å². The minimum Gasteiger partial charge on any atom is -0.326 e. The average Bonchev–Trinajstić information content (AvgIpc) is 3.06. The van der Waals surface area contributed by atoms with Crippen LogP contribution >= 0.6 is 0 Å². The second kappa shape index (κ2) is 8.99. The lowest BCUT2D eigenvalue weighted by Crippen LogP contribution is -2.66. The molecule has 2 unspecified atom stereocenters. The first-order chi connectivity index (χ1) is 17.5. The average molecular weight is 538 g/mol. The van der Waals surface area contributed by atoms with Crippen LogP contribution in [0.5, 0.6) is 0 Å². The summed E-state index contributed by atoms with van der Waals surface area (Å²) in [6.45, 7) is 4.86. The maximum absolute atomic E-state index is 15.0. The Morgan fingerprint density at radius 1 is 0.947 bits per heavy atom. The zero-order chi connectivity index (χ0) is 28.3. The van der Waals surface area contributed by atoms with E-state index in [1.54, 1.807) is 49.5 Å². The number of carbonyl (C=O) groups is 3. The van der Waals surface area contributed by atoms with Gasteiger partial charge in [-0.3, -0.25) is 14.4 Å². The molecule has 0 bridgehead atoms. The summed E-state index contributed by atoms with van der Waals surface area (Å²) >= 11 is 0. The van der Waals surface area contributed by atoms with Gasteiger partial charge in [-0.25, -0.2) is 0 Å². The third-order valence-corrected chi connectivity index (χ3v) is 6.91. The molecule has 38 heavy (non-hydrogen) atoms. The van der Waals surface area contributed by atoms with Crippen molar-refractivity contribution in [2.24, 2.45) is 5.41 Å². The van der Waals surface area contributed by atoms with Crippen LogP contribution in [0.2, 0.25) is 0 Å². The number of hydrogen-bond donors (Lipinski definition) is 1. The zero-order valence-electron chi connectivity index (χ0n) is 20.6. The number of halogens is 6. The first-order valence-electron chi connectivity index (χ1n) is 11.7. The molecule has 1 heterocycles. The number of Topliss-reactive ketones (excluding diaryl/α,β-unsaturated/α-hetero) is 1. The Labute approximate surface area is 214 Å². The number of alkyl halides is 6. The minimum atomic E-state index is -5.48. The summed E-state index contributed by atoms with van der Waals surface area (Å²) in [4.78, 5) is 41.0. The van der Waals surface area contributed by atoms with Crippen LogP contribution in [0, 0.1) is 5.41 Å². The number of allylic oxidation sites excluding steroid dienone is 1.